The summed E-state index contributed by atoms with van der Waals surface area (Å²) in [5.74, 6) is 0.240. The van der Waals surface area contributed by atoms with Gasteiger partial charge in [-0.1, -0.05) is 11.6 Å². The molecule has 2 N–H and O–H groups in total. The van der Waals surface area contributed by atoms with E-state index in [1.807, 2.05) is 0 Å². The van der Waals surface area contributed by atoms with Crippen molar-refractivity contribution in [3.8, 4) is 0 Å². The Morgan fingerprint density at radius 2 is 2.00 bits per heavy atom. The summed E-state index contributed by atoms with van der Waals surface area (Å²) in [6.07, 6.45) is -1.97. The van der Waals surface area contributed by atoms with Gasteiger partial charge in [0.05, 0.1) is 23.4 Å². The van der Waals surface area contributed by atoms with Crippen LogP contribution in [0.2, 0.25) is 5.02 Å². The minimum Gasteiger partial charge on any atom is -0.467 e. The van der Waals surface area contributed by atoms with E-state index in [2.05, 4.69) is 20.6 Å². The molecule has 1 aromatic carbocycles. The third kappa shape index (κ3) is 4.76. The fourth-order valence-electron chi connectivity index (χ4n) is 2.19. The number of furan rings is 1. The van der Waals surface area contributed by atoms with Crippen LogP contribution in [0.3, 0.4) is 0 Å². The Labute approximate surface area is 156 Å². The Morgan fingerprint density at radius 1 is 1.19 bits per heavy atom. The summed E-state index contributed by atoms with van der Waals surface area (Å²) in [5.41, 5.74) is -0.809. The van der Waals surface area contributed by atoms with Crippen LogP contribution in [-0.4, -0.2) is 15.9 Å². The lowest BCUT2D eigenvalue weighted by molar-refractivity contribution is -0.137. The van der Waals surface area contributed by atoms with Gasteiger partial charge in [0.1, 0.15) is 23.6 Å². The van der Waals surface area contributed by atoms with Gasteiger partial charge in [-0.2, -0.15) is 13.2 Å². The van der Waals surface area contributed by atoms with E-state index in [0.717, 1.165) is 18.5 Å². The molecule has 27 heavy (non-hydrogen) atoms. The molecular weight excluding hydrogens is 385 g/mol. The third-order valence-electron chi connectivity index (χ3n) is 3.45. The van der Waals surface area contributed by atoms with Gasteiger partial charge in [0.25, 0.3) is 5.91 Å². The molecule has 0 spiro atoms. The van der Waals surface area contributed by atoms with Crippen molar-refractivity contribution >= 4 is 29.0 Å². The Morgan fingerprint density at radius 3 is 2.70 bits per heavy atom. The summed E-state index contributed by atoms with van der Waals surface area (Å²) in [6.45, 7) is 0.171. The van der Waals surface area contributed by atoms with Gasteiger partial charge >= 0.3 is 6.18 Å². The molecule has 2 heterocycles. The van der Waals surface area contributed by atoms with Crippen molar-refractivity contribution in [2.24, 2.45) is 0 Å². The molecule has 6 nitrogen and oxygen atoms in total. The van der Waals surface area contributed by atoms with Crippen molar-refractivity contribution in [3.05, 3.63) is 71.0 Å². The molecular formula is C17H12ClF3N4O2. The number of benzene rings is 1. The van der Waals surface area contributed by atoms with Gasteiger partial charge in [0, 0.05) is 11.8 Å². The first kappa shape index (κ1) is 18.7. The number of nitrogens with zero attached hydrogens (tertiary/aromatic N) is 2. The molecule has 0 radical (unpaired) electrons. The molecule has 0 saturated carbocycles. The predicted molar refractivity (Wildman–Crippen MR) is 91.6 cm³/mol. The highest BCUT2D eigenvalue weighted by Crippen LogP contribution is 2.36. The molecule has 10 heteroatoms. The van der Waals surface area contributed by atoms with Crippen molar-refractivity contribution in [1.29, 1.82) is 0 Å². The molecule has 0 aliphatic rings. The average molecular weight is 397 g/mol. The Balaban J connectivity index is 1.73. The molecule has 140 valence electrons. The van der Waals surface area contributed by atoms with Gasteiger partial charge in [-0.05, 0) is 30.3 Å². The largest absolute Gasteiger partial charge is 0.467 e. The zero-order chi connectivity index (χ0) is 19.4. The number of amides is 1. The van der Waals surface area contributed by atoms with Crippen LogP contribution in [-0.2, 0) is 12.7 Å². The monoisotopic (exact) mass is 396 g/mol. The van der Waals surface area contributed by atoms with Crippen molar-refractivity contribution in [2.75, 3.05) is 5.32 Å². The van der Waals surface area contributed by atoms with Crippen LogP contribution in [0.1, 0.15) is 21.8 Å². The topological polar surface area (TPSA) is 80.0 Å². The number of hydrogen-bond acceptors (Lipinski definition) is 5. The second-order valence-electron chi connectivity index (χ2n) is 5.37. The highest BCUT2D eigenvalue weighted by atomic mass is 35.5. The van der Waals surface area contributed by atoms with Gasteiger partial charge in [-0.15, -0.1) is 0 Å². The van der Waals surface area contributed by atoms with E-state index in [-0.39, 0.29) is 23.7 Å². The molecule has 0 fully saturated rings. The molecule has 0 bridgehead atoms. The second kappa shape index (κ2) is 7.67. The van der Waals surface area contributed by atoms with E-state index < -0.39 is 22.7 Å². The number of aromatic nitrogens is 2. The van der Waals surface area contributed by atoms with E-state index in [0.29, 0.717) is 5.76 Å². The SMILES string of the molecule is O=C(NCc1ccco1)c1cc(Nc2ccc(Cl)c(C(F)(F)F)c2)ncn1. The number of carbonyl (C=O) groups is 1. The molecule has 2 aromatic heterocycles. The molecule has 3 rings (SSSR count). The normalized spacial score (nSPS) is 11.3. The standard InChI is InChI=1S/C17H12ClF3N4O2/c18-13-4-3-10(6-12(13)17(19,20)21)25-15-7-14(23-9-24-15)16(26)22-8-11-2-1-5-27-11/h1-7,9H,8H2,(H,22,26)(H,23,24,25). The molecule has 3 aromatic rings. The highest BCUT2D eigenvalue weighted by Gasteiger charge is 2.33. The summed E-state index contributed by atoms with van der Waals surface area (Å²) < 4.78 is 43.9. The van der Waals surface area contributed by atoms with Crippen LogP contribution < -0.4 is 10.6 Å². The van der Waals surface area contributed by atoms with E-state index in [1.54, 1.807) is 12.1 Å². The van der Waals surface area contributed by atoms with E-state index in [1.165, 1.54) is 18.4 Å². The van der Waals surface area contributed by atoms with Crippen LogP contribution in [0, 0.1) is 0 Å². The quantitative estimate of drug-likeness (QED) is 0.667. The fraction of sp³-hybridized carbons (Fsp3) is 0.118. The minimum absolute atomic E-state index is 0.0454. The maximum atomic E-state index is 12.9. The number of halogens is 4. The van der Waals surface area contributed by atoms with Gasteiger partial charge in [-0.25, -0.2) is 9.97 Å². The lowest BCUT2D eigenvalue weighted by Gasteiger charge is -2.12. The lowest BCUT2D eigenvalue weighted by atomic mass is 10.2. The molecule has 0 saturated heterocycles. The Kier molecular flexibility index (Phi) is 5.31. The predicted octanol–water partition coefficient (Wildman–Crippen LogP) is 4.42. The van der Waals surface area contributed by atoms with Crippen molar-refractivity contribution in [2.45, 2.75) is 12.7 Å². The maximum absolute atomic E-state index is 12.9. The van der Waals surface area contributed by atoms with Crippen molar-refractivity contribution in [3.63, 3.8) is 0 Å². The zero-order valence-electron chi connectivity index (χ0n) is 13.5. The number of anilines is 2. The Hall–Kier alpha value is -3.07. The van der Waals surface area contributed by atoms with Crippen LogP contribution >= 0.6 is 11.6 Å². The minimum atomic E-state index is -4.59. The lowest BCUT2D eigenvalue weighted by Crippen LogP contribution is -2.23. The fourth-order valence-corrected chi connectivity index (χ4v) is 2.41. The van der Waals surface area contributed by atoms with Gasteiger partial charge in [0.2, 0.25) is 0 Å². The molecule has 1 amide bonds. The Bertz CT molecular complexity index is 946. The molecule has 0 atom stereocenters. The van der Waals surface area contributed by atoms with E-state index >= 15 is 0 Å². The highest BCUT2D eigenvalue weighted by molar-refractivity contribution is 6.31. The maximum Gasteiger partial charge on any atom is 0.417 e. The van der Waals surface area contributed by atoms with Crippen LogP contribution in [0.5, 0.6) is 0 Å². The first-order valence-electron chi connectivity index (χ1n) is 7.59. The van der Waals surface area contributed by atoms with Crippen molar-refractivity contribution < 1.29 is 22.4 Å². The molecule has 0 aliphatic heterocycles. The second-order valence-corrected chi connectivity index (χ2v) is 5.78. The number of carbonyl (C=O) groups excluding carboxylic acids is 1. The van der Waals surface area contributed by atoms with E-state index in [9.17, 15) is 18.0 Å². The molecule has 0 aliphatic carbocycles. The summed E-state index contributed by atoms with van der Waals surface area (Å²) >= 11 is 5.59. The van der Waals surface area contributed by atoms with Gasteiger partial charge in [0.15, 0.2) is 0 Å². The van der Waals surface area contributed by atoms with Crippen LogP contribution in [0.25, 0.3) is 0 Å². The smallest absolute Gasteiger partial charge is 0.417 e. The van der Waals surface area contributed by atoms with Crippen LogP contribution in [0.4, 0.5) is 24.7 Å². The number of hydrogen-bond donors (Lipinski definition) is 2. The number of alkyl halides is 3. The van der Waals surface area contributed by atoms with Gasteiger partial charge < -0.3 is 15.1 Å². The number of rotatable bonds is 5. The summed E-state index contributed by atoms with van der Waals surface area (Å²) in [6, 6.07) is 8.07. The average Bonchev–Trinajstić information content (AvgIpc) is 3.14. The summed E-state index contributed by atoms with van der Waals surface area (Å²) in [7, 11) is 0. The zero-order valence-corrected chi connectivity index (χ0v) is 14.3. The van der Waals surface area contributed by atoms with Gasteiger partial charge in [-0.3, -0.25) is 4.79 Å². The van der Waals surface area contributed by atoms with Crippen LogP contribution in [0.15, 0.2) is 53.4 Å². The van der Waals surface area contributed by atoms with Crippen molar-refractivity contribution in [1.82, 2.24) is 15.3 Å². The van der Waals surface area contributed by atoms with E-state index in [4.69, 9.17) is 16.0 Å². The summed E-state index contributed by atoms with van der Waals surface area (Å²) in [5, 5.41) is 4.90. The number of nitrogens with one attached hydrogen (secondary N) is 2. The first-order valence-corrected chi connectivity index (χ1v) is 7.97. The summed E-state index contributed by atoms with van der Waals surface area (Å²) in [4.78, 5) is 19.9. The molecule has 0 unspecified atom stereocenters. The first-order chi connectivity index (χ1) is 12.8. The third-order valence-corrected chi connectivity index (χ3v) is 3.78.